The molecule has 10 heteroatoms. The first-order valence-electron chi connectivity index (χ1n) is 10.4. The van der Waals surface area contributed by atoms with Gasteiger partial charge in [0.2, 0.25) is 0 Å². The molecule has 1 radical (unpaired) electrons. The van der Waals surface area contributed by atoms with Gasteiger partial charge in [-0.15, -0.1) is 0 Å². The fourth-order valence-corrected chi connectivity index (χ4v) is 1.44. The van der Waals surface area contributed by atoms with Crippen molar-refractivity contribution in [2.24, 2.45) is 0 Å². The molecule has 0 atom stereocenters. The quantitative estimate of drug-likeness (QED) is 0.123. The molecule has 0 spiro atoms. The molecule has 0 N–H and O–H groups in total. The molecule has 0 aliphatic rings. The maximum atomic E-state index is 10.7. The zero-order chi connectivity index (χ0) is 26.6. The summed E-state index contributed by atoms with van der Waals surface area (Å²) in [5.74, 6) is 1.22. The largest absolute Gasteiger partial charge is 3.00 e. The van der Waals surface area contributed by atoms with Gasteiger partial charge in [-0.05, 0) is 40.6 Å². The van der Waals surface area contributed by atoms with Gasteiger partial charge in [-0.3, -0.25) is 46.5 Å². The summed E-state index contributed by atoms with van der Waals surface area (Å²) in [6, 6.07) is 0. The number of carbonyl (C=O) groups excluding carboxylic acids is 6. The third kappa shape index (κ3) is 40.3. The van der Waals surface area contributed by atoms with Crippen LogP contribution >= 0.6 is 0 Å². The Morgan fingerprint density at radius 3 is 0.765 bits per heavy atom. The number of hydrogen-bond donors (Lipinski definition) is 0. The Morgan fingerprint density at radius 1 is 0.471 bits per heavy atom. The Balaban J connectivity index is -0.000000196. The van der Waals surface area contributed by atoms with Crippen LogP contribution in [0.5, 0.6) is 0 Å². The first-order chi connectivity index (χ1) is 15.1. The second kappa shape index (κ2) is 24.1. The Hall–Kier alpha value is -2.06. The molecule has 0 amide bonds. The van der Waals surface area contributed by atoms with E-state index in [4.69, 9.17) is 14.2 Å². The molecular formula is C24H39FeO9. The van der Waals surface area contributed by atoms with Crippen molar-refractivity contribution >= 4 is 35.3 Å². The summed E-state index contributed by atoms with van der Waals surface area (Å²) < 4.78 is 14.2. The number of esters is 3. The van der Waals surface area contributed by atoms with E-state index < -0.39 is 17.9 Å². The summed E-state index contributed by atoms with van der Waals surface area (Å²) in [5, 5.41) is 0. The van der Waals surface area contributed by atoms with Gasteiger partial charge in [-0.25, -0.2) is 0 Å². The van der Waals surface area contributed by atoms with Gasteiger partial charge in [0.1, 0.15) is 36.6 Å². The molecule has 0 aromatic rings. The van der Waals surface area contributed by atoms with E-state index in [0.29, 0.717) is 19.8 Å². The number of carbonyl (C=O) groups is 6. The van der Waals surface area contributed by atoms with Gasteiger partial charge in [0.15, 0.2) is 0 Å². The fourth-order valence-electron chi connectivity index (χ4n) is 1.44. The summed E-state index contributed by atoms with van der Waals surface area (Å²) >= 11 is 0. The molecular weight excluding hydrogens is 488 g/mol. The van der Waals surface area contributed by atoms with Crippen LogP contribution < -0.4 is 0 Å². The van der Waals surface area contributed by atoms with E-state index >= 15 is 0 Å². The van der Waals surface area contributed by atoms with Crippen molar-refractivity contribution in [1.82, 2.24) is 0 Å². The topological polar surface area (TPSA) is 130 Å². The SMILES string of the molecule is CC(=O)CC(=O)OC[C-](C)C.CC(=O)CC(=O)OC[C-](C)C.CC(=O)CC(=O)OC[C-](C)C.[Fe+3]. The van der Waals surface area contributed by atoms with Crippen molar-refractivity contribution in [3.8, 4) is 0 Å². The van der Waals surface area contributed by atoms with Crippen LogP contribution in [-0.2, 0) is 60.0 Å². The van der Waals surface area contributed by atoms with Gasteiger partial charge in [0, 0.05) is 0 Å². The molecule has 0 aliphatic heterocycles. The second-order valence-corrected chi connectivity index (χ2v) is 8.24. The number of hydrogen-bond acceptors (Lipinski definition) is 9. The van der Waals surface area contributed by atoms with Crippen molar-refractivity contribution < 1.29 is 60.0 Å². The van der Waals surface area contributed by atoms with E-state index in [1.165, 1.54) is 20.8 Å². The molecule has 0 bridgehead atoms. The van der Waals surface area contributed by atoms with E-state index in [2.05, 4.69) is 0 Å². The van der Waals surface area contributed by atoms with Crippen LogP contribution in [0.4, 0.5) is 0 Å². The number of rotatable bonds is 12. The second-order valence-electron chi connectivity index (χ2n) is 8.24. The maximum absolute atomic E-state index is 10.7. The average molecular weight is 527 g/mol. The Labute approximate surface area is 214 Å². The van der Waals surface area contributed by atoms with Crippen LogP contribution in [-0.4, -0.2) is 55.1 Å². The van der Waals surface area contributed by atoms with E-state index in [9.17, 15) is 28.8 Å². The van der Waals surface area contributed by atoms with Crippen LogP contribution in [0.15, 0.2) is 0 Å². The van der Waals surface area contributed by atoms with Gasteiger partial charge in [0.05, 0.1) is 0 Å². The molecule has 9 nitrogen and oxygen atoms in total. The standard InChI is InChI=1S/3C8H13O3.Fe/c3*1-6(2)5-11-8(10)4-7(3)9;/h3*4-5H2,1-3H3;/q3*-1;+3. The predicted molar refractivity (Wildman–Crippen MR) is 123 cm³/mol. The Morgan fingerprint density at radius 2 is 0.647 bits per heavy atom. The maximum Gasteiger partial charge on any atom is 3.00 e. The van der Waals surface area contributed by atoms with Gasteiger partial charge >= 0.3 is 35.0 Å². The van der Waals surface area contributed by atoms with Crippen LogP contribution in [0.2, 0.25) is 0 Å². The molecule has 0 unspecified atom stereocenters. The average Bonchev–Trinajstić information content (AvgIpc) is 2.62. The van der Waals surface area contributed by atoms with Crippen LogP contribution in [0.3, 0.4) is 0 Å². The monoisotopic (exact) mass is 527 g/mol. The molecule has 0 aliphatic carbocycles. The summed E-state index contributed by atoms with van der Waals surface area (Å²) in [6.07, 6.45) is -0.353. The number of ether oxygens (including phenoxy) is 3. The smallest absolute Gasteiger partial charge is 0.498 e. The zero-order valence-electron chi connectivity index (χ0n) is 21.8. The normalized spacial score (nSPS) is 9.53. The first kappa shape index (κ1) is 39.2. The minimum atomic E-state index is -0.446. The van der Waals surface area contributed by atoms with Crippen LogP contribution in [0.1, 0.15) is 81.6 Å². The van der Waals surface area contributed by atoms with Crippen molar-refractivity contribution in [3.05, 3.63) is 17.8 Å². The molecule has 0 fully saturated rings. The minimum Gasteiger partial charge on any atom is -0.498 e. The summed E-state index contributed by atoms with van der Waals surface area (Å²) in [4.78, 5) is 63.3. The minimum absolute atomic E-state index is 0. The van der Waals surface area contributed by atoms with Gasteiger partial charge in [-0.2, -0.15) is 41.5 Å². The van der Waals surface area contributed by atoms with E-state index in [0.717, 1.165) is 17.8 Å². The van der Waals surface area contributed by atoms with E-state index in [1.807, 2.05) is 41.5 Å². The molecule has 0 aromatic heterocycles. The Kier molecular flexibility index (Phi) is 27.7. The molecule has 0 saturated heterocycles. The molecule has 0 saturated carbocycles. The first-order valence-corrected chi connectivity index (χ1v) is 10.4. The van der Waals surface area contributed by atoms with Crippen molar-refractivity contribution in [2.75, 3.05) is 19.8 Å². The summed E-state index contributed by atoms with van der Waals surface area (Å²) in [6.45, 7) is 16.2. The number of Topliss-reactive ketones (excluding diaryl/α,β-unsaturated/α-hetero) is 3. The van der Waals surface area contributed by atoms with Gasteiger partial charge in [-0.1, -0.05) is 0 Å². The zero-order valence-corrected chi connectivity index (χ0v) is 22.9. The number of ketones is 3. The molecule has 34 heavy (non-hydrogen) atoms. The summed E-state index contributed by atoms with van der Waals surface area (Å²) in [5.41, 5.74) is 0. The fraction of sp³-hybridized carbons (Fsp3) is 0.625. The van der Waals surface area contributed by atoms with E-state index in [-0.39, 0.29) is 53.7 Å². The van der Waals surface area contributed by atoms with E-state index in [1.54, 1.807) is 0 Å². The summed E-state index contributed by atoms with van der Waals surface area (Å²) in [7, 11) is 0. The van der Waals surface area contributed by atoms with Gasteiger partial charge in [0.25, 0.3) is 0 Å². The third-order valence-corrected chi connectivity index (χ3v) is 2.75. The predicted octanol–water partition coefficient (Wildman–Crippen LogP) is 3.37. The third-order valence-electron chi connectivity index (χ3n) is 2.75. The van der Waals surface area contributed by atoms with Crippen molar-refractivity contribution in [1.29, 1.82) is 0 Å². The van der Waals surface area contributed by atoms with Gasteiger partial charge < -0.3 is 14.2 Å². The van der Waals surface area contributed by atoms with Crippen LogP contribution in [0, 0.1) is 17.8 Å². The molecule has 0 heterocycles. The molecule has 0 rings (SSSR count). The molecule has 0 aromatic carbocycles. The molecule has 197 valence electrons. The Bertz CT molecular complexity index is 540. The van der Waals surface area contributed by atoms with Crippen LogP contribution in [0.25, 0.3) is 0 Å². The van der Waals surface area contributed by atoms with Crippen molar-refractivity contribution in [2.45, 2.75) is 81.6 Å². The van der Waals surface area contributed by atoms with Crippen molar-refractivity contribution in [3.63, 3.8) is 0 Å².